The Morgan fingerprint density at radius 2 is 2.11 bits per heavy atom. The molecule has 0 bridgehead atoms. The smallest absolute Gasteiger partial charge is 0.383 e. The van der Waals surface area contributed by atoms with Gasteiger partial charge in [0.1, 0.15) is 5.69 Å². The molecule has 0 saturated heterocycles. The Morgan fingerprint density at radius 3 is 2.58 bits per heavy atom. The molecule has 0 heterocycles. The van der Waals surface area contributed by atoms with Gasteiger partial charge in [-0.05, 0) is 18.6 Å². The topological polar surface area (TPSA) is 64.4 Å². The largest absolute Gasteiger partial charge is 0.414 e. The van der Waals surface area contributed by atoms with Crippen LogP contribution in [0, 0.1) is 10.1 Å². The van der Waals surface area contributed by atoms with Crippen molar-refractivity contribution in [3.05, 3.63) is 33.9 Å². The van der Waals surface area contributed by atoms with Crippen LogP contribution in [-0.4, -0.2) is 24.3 Å². The summed E-state index contributed by atoms with van der Waals surface area (Å²) in [7, 11) is 1.52. The van der Waals surface area contributed by atoms with Gasteiger partial charge in [0.2, 0.25) is 0 Å². The number of alkyl halides is 3. The number of hydrogen-bond donors (Lipinski definition) is 1. The summed E-state index contributed by atoms with van der Waals surface area (Å²) in [5.41, 5.74) is 0.391. The maximum absolute atomic E-state index is 12.2. The van der Waals surface area contributed by atoms with E-state index in [1.54, 1.807) is 0 Å². The van der Waals surface area contributed by atoms with E-state index in [0.29, 0.717) is 5.56 Å². The van der Waals surface area contributed by atoms with E-state index >= 15 is 0 Å². The first-order valence-corrected chi connectivity index (χ1v) is 5.39. The summed E-state index contributed by atoms with van der Waals surface area (Å²) in [6.07, 6.45) is -6.37. The van der Waals surface area contributed by atoms with Crippen molar-refractivity contribution in [3.8, 4) is 0 Å². The van der Waals surface area contributed by atoms with Crippen LogP contribution in [0.2, 0.25) is 0 Å². The molecule has 0 saturated carbocycles. The molecule has 1 rings (SSSR count). The molecule has 0 aliphatic heterocycles. The molecule has 0 spiro atoms. The van der Waals surface area contributed by atoms with Crippen LogP contribution in [0.5, 0.6) is 0 Å². The van der Waals surface area contributed by atoms with Gasteiger partial charge in [-0.3, -0.25) is 10.1 Å². The van der Waals surface area contributed by atoms with Gasteiger partial charge in [0.25, 0.3) is 5.69 Å². The number of nitrogens with one attached hydrogen (secondary N) is 1. The minimum absolute atomic E-state index is 0.205. The first-order chi connectivity index (χ1) is 8.75. The van der Waals surface area contributed by atoms with E-state index in [9.17, 15) is 23.3 Å². The zero-order valence-electron chi connectivity index (χ0n) is 10.3. The Balaban J connectivity index is 2.81. The molecule has 1 atom stereocenters. The molecule has 1 aromatic carbocycles. The highest BCUT2D eigenvalue weighted by atomic mass is 19.4. The number of benzene rings is 1. The van der Waals surface area contributed by atoms with Gasteiger partial charge >= 0.3 is 6.18 Å². The summed E-state index contributed by atoms with van der Waals surface area (Å²) in [5, 5.41) is 13.4. The molecular weight excluding hydrogens is 265 g/mol. The Kier molecular flexibility index (Phi) is 4.71. The molecule has 0 amide bonds. The van der Waals surface area contributed by atoms with E-state index in [2.05, 4.69) is 10.1 Å². The van der Waals surface area contributed by atoms with E-state index in [4.69, 9.17) is 0 Å². The van der Waals surface area contributed by atoms with Gasteiger partial charge in [-0.2, -0.15) is 13.2 Å². The molecule has 0 fully saturated rings. The van der Waals surface area contributed by atoms with Gasteiger partial charge in [0, 0.05) is 13.1 Å². The van der Waals surface area contributed by atoms with Crippen molar-refractivity contribution in [1.82, 2.24) is 0 Å². The molecule has 0 aromatic heterocycles. The summed E-state index contributed by atoms with van der Waals surface area (Å²) in [5.74, 6) is 0. The lowest BCUT2D eigenvalue weighted by molar-refractivity contribution is -0.384. The van der Waals surface area contributed by atoms with Crippen LogP contribution in [-0.2, 0) is 11.3 Å². The zero-order valence-corrected chi connectivity index (χ0v) is 10.3. The number of halogens is 3. The Morgan fingerprint density at radius 1 is 1.47 bits per heavy atom. The SMILES string of the molecule is CNc1ccc(COC(C)C(F)(F)F)cc1[N+](=O)[O-]. The number of ether oxygens (including phenoxy) is 1. The van der Waals surface area contributed by atoms with Gasteiger partial charge in [-0.25, -0.2) is 0 Å². The van der Waals surface area contributed by atoms with E-state index in [1.165, 1.54) is 25.2 Å². The van der Waals surface area contributed by atoms with Gasteiger partial charge in [0.15, 0.2) is 6.10 Å². The summed E-state index contributed by atoms with van der Waals surface area (Å²) < 4.78 is 41.3. The summed E-state index contributed by atoms with van der Waals surface area (Å²) in [4.78, 5) is 10.2. The highest BCUT2D eigenvalue weighted by Gasteiger charge is 2.36. The Hall–Kier alpha value is -1.83. The average molecular weight is 278 g/mol. The number of anilines is 1. The standard InChI is InChI=1S/C11H13F3N2O3/c1-7(11(12,13)14)19-6-8-3-4-9(15-2)10(5-8)16(17)18/h3-5,7,15H,6H2,1-2H3. The highest BCUT2D eigenvalue weighted by Crippen LogP contribution is 2.27. The molecule has 0 aliphatic carbocycles. The van der Waals surface area contributed by atoms with Gasteiger partial charge < -0.3 is 10.1 Å². The number of nitrogens with zero attached hydrogens (tertiary/aromatic N) is 1. The number of hydrogen-bond acceptors (Lipinski definition) is 4. The summed E-state index contributed by atoms with van der Waals surface area (Å²) in [6.45, 7) is 0.544. The van der Waals surface area contributed by atoms with Crippen molar-refractivity contribution < 1.29 is 22.8 Å². The summed E-state index contributed by atoms with van der Waals surface area (Å²) in [6, 6.07) is 4.09. The fraction of sp³-hybridized carbons (Fsp3) is 0.455. The predicted molar refractivity (Wildman–Crippen MR) is 62.9 cm³/mol. The normalized spacial score (nSPS) is 13.1. The Bertz CT molecular complexity index is 463. The zero-order chi connectivity index (χ0) is 14.6. The number of rotatable bonds is 5. The van der Waals surface area contributed by atoms with E-state index in [1.807, 2.05) is 0 Å². The molecule has 1 aromatic rings. The second kappa shape index (κ2) is 5.87. The second-order valence-corrected chi connectivity index (χ2v) is 3.85. The quantitative estimate of drug-likeness (QED) is 0.664. The monoisotopic (exact) mass is 278 g/mol. The lowest BCUT2D eigenvalue weighted by atomic mass is 10.2. The molecule has 0 radical (unpaired) electrons. The van der Waals surface area contributed by atoms with E-state index in [0.717, 1.165) is 6.92 Å². The van der Waals surface area contributed by atoms with Gasteiger partial charge in [0.05, 0.1) is 11.5 Å². The van der Waals surface area contributed by atoms with E-state index in [-0.39, 0.29) is 18.0 Å². The van der Waals surface area contributed by atoms with Gasteiger partial charge in [-0.15, -0.1) is 0 Å². The second-order valence-electron chi connectivity index (χ2n) is 3.85. The molecule has 1 unspecified atom stereocenters. The molecule has 0 aliphatic rings. The fourth-order valence-corrected chi connectivity index (χ4v) is 1.35. The third-order valence-corrected chi connectivity index (χ3v) is 2.49. The number of nitro groups is 1. The van der Waals surface area contributed by atoms with Crippen LogP contribution in [0.4, 0.5) is 24.5 Å². The summed E-state index contributed by atoms with van der Waals surface area (Å²) >= 11 is 0. The van der Waals surface area contributed by atoms with Crippen LogP contribution in [0.1, 0.15) is 12.5 Å². The minimum atomic E-state index is -4.45. The minimum Gasteiger partial charge on any atom is -0.383 e. The highest BCUT2D eigenvalue weighted by molar-refractivity contribution is 5.62. The third-order valence-electron chi connectivity index (χ3n) is 2.49. The van der Waals surface area contributed by atoms with E-state index < -0.39 is 17.2 Å². The van der Waals surface area contributed by atoms with Gasteiger partial charge in [-0.1, -0.05) is 6.07 Å². The lowest BCUT2D eigenvalue weighted by Crippen LogP contribution is -2.28. The fourth-order valence-electron chi connectivity index (χ4n) is 1.35. The molecular formula is C11H13F3N2O3. The maximum atomic E-state index is 12.2. The van der Waals surface area contributed by atoms with Crippen molar-refractivity contribution in [2.24, 2.45) is 0 Å². The maximum Gasteiger partial charge on any atom is 0.414 e. The van der Waals surface area contributed by atoms with Crippen LogP contribution in [0.15, 0.2) is 18.2 Å². The third kappa shape index (κ3) is 4.09. The number of nitro benzene ring substituents is 1. The van der Waals surface area contributed by atoms with Crippen molar-refractivity contribution in [3.63, 3.8) is 0 Å². The van der Waals surface area contributed by atoms with Crippen molar-refractivity contribution in [2.75, 3.05) is 12.4 Å². The first kappa shape index (κ1) is 15.2. The molecule has 19 heavy (non-hydrogen) atoms. The van der Waals surface area contributed by atoms with Crippen molar-refractivity contribution >= 4 is 11.4 Å². The van der Waals surface area contributed by atoms with Crippen LogP contribution < -0.4 is 5.32 Å². The first-order valence-electron chi connectivity index (χ1n) is 5.39. The lowest BCUT2D eigenvalue weighted by Gasteiger charge is -2.16. The molecule has 1 N–H and O–H groups in total. The van der Waals surface area contributed by atoms with Crippen LogP contribution in [0.25, 0.3) is 0 Å². The molecule has 8 heteroatoms. The molecule has 106 valence electrons. The average Bonchev–Trinajstić information content (AvgIpc) is 2.34. The predicted octanol–water partition coefficient (Wildman–Crippen LogP) is 3.10. The Labute approximate surface area is 107 Å². The molecule has 5 nitrogen and oxygen atoms in total. The van der Waals surface area contributed by atoms with Crippen LogP contribution >= 0.6 is 0 Å². The van der Waals surface area contributed by atoms with Crippen molar-refractivity contribution in [1.29, 1.82) is 0 Å². The van der Waals surface area contributed by atoms with Crippen LogP contribution in [0.3, 0.4) is 0 Å². The van der Waals surface area contributed by atoms with Crippen molar-refractivity contribution in [2.45, 2.75) is 25.8 Å².